The summed E-state index contributed by atoms with van der Waals surface area (Å²) in [5, 5.41) is 2.57. The molecule has 0 aromatic rings. The molecule has 2 atom stereocenters. The van der Waals surface area contributed by atoms with Gasteiger partial charge in [-0.15, -0.1) is 0 Å². The predicted octanol–water partition coefficient (Wildman–Crippen LogP) is 3.34. The molecule has 100 valence electrons. The molecule has 1 rings (SSSR count). The van der Waals surface area contributed by atoms with E-state index in [9.17, 15) is 13.6 Å². The van der Waals surface area contributed by atoms with Crippen LogP contribution in [0.25, 0.3) is 0 Å². The highest BCUT2D eigenvalue weighted by Gasteiger charge is 2.33. The van der Waals surface area contributed by atoms with Gasteiger partial charge in [0.15, 0.2) is 0 Å². The van der Waals surface area contributed by atoms with E-state index in [1.54, 1.807) is 20.8 Å². The zero-order valence-corrected chi connectivity index (χ0v) is 10.6. The highest BCUT2D eigenvalue weighted by atomic mass is 19.3. The monoisotopic (exact) mass is 249 g/mol. The van der Waals surface area contributed by atoms with E-state index >= 15 is 0 Å². The van der Waals surface area contributed by atoms with Gasteiger partial charge in [0.25, 0.3) is 0 Å². The SMILES string of the molecule is CC(C)(C)OC(=O)N[C@@H]1CCCC[C@H]1C(F)F. The third kappa shape index (κ3) is 4.88. The van der Waals surface area contributed by atoms with Crippen LogP contribution in [0.15, 0.2) is 0 Å². The Morgan fingerprint density at radius 2 is 1.88 bits per heavy atom. The van der Waals surface area contributed by atoms with E-state index in [1.807, 2.05) is 0 Å². The Labute approximate surface area is 101 Å². The molecule has 1 aliphatic rings. The van der Waals surface area contributed by atoms with Crippen LogP contribution in [0.4, 0.5) is 13.6 Å². The van der Waals surface area contributed by atoms with Gasteiger partial charge < -0.3 is 10.1 Å². The van der Waals surface area contributed by atoms with Gasteiger partial charge in [-0.3, -0.25) is 0 Å². The van der Waals surface area contributed by atoms with Gasteiger partial charge in [0.1, 0.15) is 5.60 Å². The summed E-state index contributed by atoms with van der Waals surface area (Å²) in [6, 6.07) is -0.460. The molecule has 0 aromatic heterocycles. The fraction of sp³-hybridized carbons (Fsp3) is 0.917. The van der Waals surface area contributed by atoms with Crippen LogP contribution in [0, 0.1) is 5.92 Å². The molecule has 0 radical (unpaired) electrons. The summed E-state index contributed by atoms with van der Waals surface area (Å²) in [6.07, 6.45) is -0.220. The molecule has 0 spiro atoms. The van der Waals surface area contributed by atoms with Crippen molar-refractivity contribution < 1.29 is 18.3 Å². The number of halogens is 2. The Kier molecular flexibility index (Phi) is 4.71. The normalized spacial score (nSPS) is 25.8. The molecular formula is C12H21F2NO2. The van der Waals surface area contributed by atoms with Crippen LogP contribution in [0.3, 0.4) is 0 Å². The second kappa shape index (κ2) is 5.65. The predicted molar refractivity (Wildman–Crippen MR) is 61.1 cm³/mol. The molecule has 3 nitrogen and oxygen atoms in total. The van der Waals surface area contributed by atoms with Crippen molar-refractivity contribution >= 4 is 6.09 Å². The summed E-state index contributed by atoms with van der Waals surface area (Å²) in [4.78, 5) is 11.5. The molecule has 1 fully saturated rings. The minimum absolute atomic E-state index is 0.460. The lowest BCUT2D eigenvalue weighted by Gasteiger charge is -2.32. The largest absolute Gasteiger partial charge is 0.444 e. The number of nitrogens with one attached hydrogen (secondary N) is 1. The fourth-order valence-corrected chi connectivity index (χ4v) is 2.10. The average molecular weight is 249 g/mol. The van der Waals surface area contributed by atoms with Crippen molar-refractivity contribution in [2.45, 2.75) is 64.5 Å². The van der Waals surface area contributed by atoms with Crippen molar-refractivity contribution in [3.63, 3.8) is 0 Å². The van der Waals surface area contributed by atoms with Gasteiger partial charge >= 0.3 is 6.09 Å². The van der Waals surface area contributed by atoms with Crippen LogP contribution in [0.5, 0.6) is 0 Å². The number of carbonyl (C=O) groups excluding carboxylic acids is 1. The molecule has 1 saturated carbocycles. The minimum Gasteiger partial charge on any atom is -0.444 e. The molecule has 0 bridgehead atoms. The second-order valence-corrected chi connectivity index (χ2v) is 5.54. The molecule has 5 heteroatoms. The third-order valence-corrected chi connectivity index (χ3v) is 2.85. The molecule has 1 amide bonds. The van der Waals surface area contributed by atoms with Gasteiger partial charge in [0.05, 0.1) is 0 Å². The van der Waals surface area contributed by atoms with E-state index in [0.717, 1.165) is 12.8 Å². The quantitative estimate of drug-likeness (QED) is 0.815. The Morgan fingerprint density at radius 3 is 2.41 bits per heavy atom. The smallest absolute Gasteiger partial charge is 0.407 e. The van der Waals surface area contributed by atoms with Gasteiger partial charge in [-0.2, -0.15) is 0 Å². The molecule has 0 aliphatic heterocycles. The second-order valence-electron chi connectivity index (χ2n) is 5.54. The molecule has 1 N–H and O–H groups in total. The highest BCUT2D eigenvalue weighted by Crippen LogP contribution is 2.29. The first-order valence-electron chi connectivity index (χ1n) is 6.07. The number of ether oxygens (including phenoxy) is 1. The first-order chi connectivity index (χ1) is 7.79. The lowest BCUT2D eigenvalue weighted by Crippen LogP contribution is -2.46. The maximum absolute atomic E-state index is 12.8. The molecule has 1 aliphatic carbocycles. The van der Waals surface area contributed by atoms with Crippen LogP contribution < -0.4 is 5.32 Å². The lowest BCUT2D eigenvalue weighted by molar-refractivity contribution is 0.0209. The van der Waals surface area contributed by atoms with E-state index in [0.29, 0.717) is 12.8 Å². The minimum atomic E-state index is -2.38. The Morgan fingerprint density at radius 1 is 1.29 bits per heavy atom. The van der Waals surface area contributed by atoms with Crippen molar-refractivity contribution in [2.75, 3.05) is 0 Å². The number of hydrogen-bond donors (Lipinski definition) is 1. The summed E-state index contributed by atoms with van der Waals surface area (Å²) < 4.78 is 30.6. The number of carbonyl (C=O) groups is 1. The van der Waals surface area contributed by atoms with Crippen LogP contribution >= 0.6 is 0 Å². The average Bonchev–Trinajstić information content (AvgIpc) is 2.14. The summed E-state index contributed by atoms with van der Waals surface area (Å²) in [6.45, 7) is 5.24. The maximum atomic E-state index is 12.8. The number of rotatable bonds is 2. The van der Waals surface area contributed by atoms with Crippen LogP contribution in [-0.4, -0.2) is 24.2 Å². The summed E-state index contributed by atoms with van der Waals surface area (Å²) in [5.74, 6) is -0.740. The van der Waals surface area contributed by atoms with E-state index in [4.69, 9.17) is 4.74 Å². The molecule has 17 heavy (non-hydrogen) atoms. The lowest BCUT2D eigenvalue weighted by atomic mass is 9.85. The Balaban J connectivity index is 2.50. The topological polar surface area (TPSA) is 38.3 Å². The molecular weight excluding hydrogens is 228 g/mol. The van der Waals surface area contributed by atoms with Crippen LogP contribution in [0.1, 0.15) is 46.5 Å². The summed E-state index contributed by atoms with van der Waals surface area (Å²) in [7, 11) is 0. The highest BCUT2D eigenvalue weighted by molar-refractivity contribution is 5.68. The molecule has 0 unspecified atom stereocenters. The van der Waals surface area contributed by atoms with Gasteiger partial charge in [0, 0.05) is 12.0 Å². The molecule has 0 saturated heterocycles. The molecule has 0 heterocycles. The number of alkyl halides is 2. The summed E-state index contributed by atoms with van der Waals surface area (Å²) >= 11 is 0. The van der Waals surface area contributed by atoms with E-state index in [2.05, 4.69) is 5.32 Å². The number of amides is 1. The van der Waals surface area contributed by atoms with Gasteiger partial charge in [0.2, 0.25) is 6.43 Å². The van der Waals surface area contributed by atoms with E-state index in [1.165, 1.54) is 0 Å². The van der Waals surface area contributed by atoms with E-state index < -0.39 is 30.1 Å². The van der Waals surface area contributed by atoms with Crippen LogP contribution in [0.2, 0.25) is 0 Å². The van der Waals surface area contributed by atoms with E-state index in [-0.39, 0.29) is 0 Å². The first kappa shape index (κ1) is 14.2. The van der Waals surface area contributed by atoms with Crippen molar-refractivity contribution in [3.05, 3.63) is 0 Å². The Bertz CT molecular complexity index is 264. The molecule has 0 aromatic carbocycles. The standard InChI is InChI=1S/C12H21F2NO2/c1-12(2,3)17-11(16)15-9-7-5-4-6-8(9)10(13)14/h8-10H,4-7H2,1-3H3,(H,15,16)/t8-,9-/m1/s1. The third-order valence-electron chi connectivity index (χ3n) is 2.85. The van der Waals surface area contributed by atoms with Gasteiger partial charge in [-0.05, 0) is 33.6 Å². The zero-order valence-electron chi connectivity index (χ0n) is 10.6. The number of hydrogen-bond acceptors (Lipinski definition) is 2. The van der Waals surface area contributed by atoms with Gasteiger partial charge in [-0.1, -0.05) is 12.8 Å². The first-order valence-corrected chi connectivity index (χ1v) is 6.07. The zero-order chi connectivity index (χ0) is 13.1. The van der Waals surface area contributed by atoms with Crippen LogP contribution in [-0.2, 0) is 4.74 Å². The summed E-state index contributed by atoms with van der Waals surface area (Å²) in [5.41, 5.74) is -0.598. The van der Waals surface area contributed by atoms with Crippen molar-refractivity contribution in [1.82, 2.24) is 5.32 Å². The number of alkyl carbamates (subject to hydrolysis) is 1. The van der Waals surface area contributed by atoms with Crippen molar-refractivity contribution in [1.29, 1.82) is 0 Å². The van der Waals surface area contributed by atoms with Crippen molar-refractivity contribution in [2.24, 2.45) is 5.92 Å². The van der Waals surface area contributed by atoms with Crippen molar-refractivity contribution in [3.8, 4) is 0 Å². The van der Waals surface area contributed by atoms with Gasteiger partial charge in [-0.25, -0.2) is 13.6 Å². The maximum Gasteiger partial charge on any atom is 0.407 e. The Hall–Kier alpha value is -0.870. The fourth-order valence-electron chi connectivity index (χ4n) is 2.10.